The Hall–Kier alpha value is -0.470. The number of hydrogen-bond acceptors (Lipinski definition) is 2. The molecule has 0 unspecified atom stereocenters. The zero-order valence-electron chi connectivity index (χ0n) is 5.36. The van der Waals surface area contributed by atoms with Crippen molar-refractivity contribution >= 4 is 29.0 Å². The predicted octanol–water partition coefficient (Wildman–Crippen LogP) is 2.43. The molecule has 54 valence electrons. The van der Waals surface area contributed by atoms with Crippen molar-refractivity contribution in [3.05, 3.63) is 22.3 Å². The van der Waals surface area contributed by atoms with E-state index in [-0.39, 0.29) is 0 Å². The van der Waals surface area contributed by atoms with E-state index in [0.717, 1.165) is 5.82 Å². The lowest BCUT2D eigenvalue weighted by Crippen LogP contribution is -1.90. The number of aromatic nitrogens is 1. The normalized spacial score (nSPS) is 9.50. The SMILES string of the molecule is CNc1cc(Cl)c(Cl)cn1. The molecule has 0 bridgehead atoms. The number of halogens is 2. The van der Waals surface area contributed by atoms with Gasteiger partial charge in [-0.05, 0) is 0 Å². The van der Waals surface area contributed by atoms with Gasteiger partial charge in [0.1, 0.15) is 5.82 Å². The molecule has 1 aromatic heterocycles. The van der Waals surface area contributed by atoms with Crippen molar-refractivity contribution in [2.24, 2.45) is 0 Å². The van der Waals surface area contributed by atoms with Crippen molar-refractivity contribution in [1.29, 1.82) is 0 Å². The predicted molar refractivity (Wildman–Crippen MR) is 43.8 cm³/mol. The molecule has 0 aliphatic heterocycles. The molecule has 0 aliphatic carbocycles. The largest absolute Gasteiger partial charge is 0.373 e. The number of nitrogens with one attached hydrogen (secondary N) is 1. The summed E-state index contributed by atoms with van der Waals surface area (Å²) in [6.07, 6.45) is 1.51. The minimum Gasteiger partial charge on any atom is -0.373 e. The van der Waals surface area contributed by atoms with Crippen molar-refractivity contribution < 1.29 is 0 Å². The monoisotopic (exact) mass is 176 g/mol. The second kappa shape index (κ2) is 3.08. The zero-order chi connectivity index (χ0) is 7.56. The van der Waals surface area contributed by atoms with Gasteiger partial charge in [0.25, 0.3) is 0 Å². The van der Waals surface area contributed by atoms with Crippen LogP contribution in [0.4, 0.5) is 5.82 Å². The van der Waals surface area contributed by atoms with Crippen molar-refractivity contribution in [2.75, 3.05) is 12.4 Å². The van der Waals surface area contributed by atoms with Crippen molar-refractivity contribution in [3.63, 3.8) is 0 Å². The van der Waals surface area contributed by atoms with E-state index in [9.17, 15) is 0 Å². The first-order chi connectivity index (χ1) is 4.74. The van der Waals surface area contributed by atoms with E-state index in [1.54, 1.807) is 13.1 Å². The van der Waals surface area contributed by atoms with Crippen LogP contribution in [0.5, 0.6) is 0 Å². The van der Waals surface area contributed by atoms with E-state index in [2.05, 4.69) is 10.3 Å². The topological polar surface area (TPSA) is 24.9 Å². The molecule has 0 atom stereocenters. The Bertz CT molecular complexity index is 237. The number of rotatable bonds is 1. The Balaban J connectivity index is 3.04. The van der Waals surface area contributed by atoms with Gasteiger partial charge in [0.05, 0.1) is 10.0 Å². The molecule has 0 fully saturated rings. The summed E-state index contributed by atoms with van der Waals surface area (Å²) in [5, 5.41) is 3.83. The Morgan fingerprint density at radius 3 is 2.60 bits per heavy atom. The second-order valence-corrected chi connectivity index (χ2v) is 2.55. The van der Waals surface area contributed by atoms with Gasteiger partial charge in [-0.2, -0.15) is 0 Å². The molecule has 4 heteroatoms. The number of pyridine rings is 1. The summed E-state index contributed by atoms with van der Waals surface area (Å²) in [6.45, 7) is 0. The smallest absolute Gasteiger partial charge is 0.127 e. The first-order valence-electron chi connectivity index (χ1n) is 2.73. The zero-order valence-corrected chi connectivity index (χ0v) is 6.87. The molecule has 0 saturated heterocycles. The number of anilines is 1. The average Bonchev–Trinajstić information content (AvgIpc) is 1.95. The van der Waals surface area contributed by atoms with Crippen molar-refractivity contribution in [1.82, 2.24) is 4.98 Å². The van der Waals surface area contributed by atoms with Gasteiger partial charge < -0.3 is 5.32 Å². The summed E-state index contributed by atoms with van der Waals surface area (Å²) in [5.41, 5.74) is 0. The molecule has 0 aliphatic rings. The molecule has 1 aromatic rings. The summed E-state index contributed by atoms with van der Waals surface area (Å²) >= 11 is 11.3. The molecular weight excluding hydrogens is 171 g/mol. The average molecular weight is 177 g/mol. The van der Waals surface area contributed by atoms with Crippen LogP contribution in [0.3, 0.4) is 0 Å². The van der Waals surface area contributed by atoms with E-state index >= 15 is 0 Å². The minimum atomic E-state index is 0.473. The van der Waals surface area contributed by atoms with Gasteiger partial charge >= 0.3 is 0 Å². The Labute approximate surface area is 69.2 Å². The molecule has 1 rings (SSSR count). The maximum absolute atomic E-state index is 5.68. The van der Waals surface area contributed by atoms with Gasteiger partial charge in [0.2, 0.25) is 0 Å². The quantitative estimate of drug-likeness (QED) is 0.712. The molecule has 0 spiro atoms. The third kappa shape index (κ3) is 1.52. The Morgan fingerprint density at radius 2 is 2.10 bits per heavy atom. The first kappa shape index (κ1) is 7.63. The lowest BCUT2D eigenvalue weighted by molar-refractivity contribution is 1.29. The highest BCUT2D eigenvalue weighted by Crippen LogP contribution is 2.22. The molecule has 2 nitrogen and oxygen atoms in total. The van der Waals surface area contributed by atoms with Crippen molar-refractivity contribution in [3.8, 4) is 0 Å². The molecule has 10 heavy (non-hydrogen) atoms. The third-order valence-corrected chi connectivity index (χ3v) is 1.78. The van der Waals surface area contributed by atoms with Crippen LogP contribution >= 0.6 is 23.2 Å². The maximum atomic E-state index is 5.68. The van der Waals surface area contributed by atoms with Gasteiger partial charge in [-0.1, -0.05) is 23.2 Å². The van der Waals surface area contributed by atoms with Crippen LogP contribution in [-0.4, -0.2) is 12.0 Å². The molecule has 0 radical (unpaired) electrons. The molecule has 0 saturated carbocycles. The molecule has 0 aromatic carbocycles. The van der Waals surface area contributed by atoms with E-state index < -0.39 is 0 Å². The van der Waals surface area contributed by atoms with Crippen LogP contribution in [0.15, 0.2) is 12.3 Å². The fourth-order valence-corrected chi connectivity index (χ4v) is 0.806. The van der Waals surface area contributed by atoms with E-state index in [4.69, 9.17) is 23.2 Å². The maximum Gasteiger partial charge on any atom is 0.127 e. The van der Waals surface area contributed by atoms with Crippen LogP contribution in [-0.2, 0) is 0 Å². The van der Waals surface area contributed by atoms with E-state index in [0.29, 0.717) is 10.0 Å². The summed E-state index contributed by atoms with van der Waals surface area (Å²) in [7, 11) is 1.77. The highest BCUT2D eigenvalue weighted by Gasteiger charge is 1.97. The standard InChI is InChI=1S/C6H6Cl2N2/c1-9-6-2-4(7)5(8)3-10-6/h2-3H,1H3,(H,9,10). The van der Waals surface area contributed by atoms with Crippen LogP contribution in [0.25, 0.3) is 0 Å². The van der Waals surface area contributed by atoms with E-state index in [1.807, 2.05) is 0 Å². The lowest BCUT2D eigenvalue weighted by atomic mass is 10.4. The number of nitrogens with zero attached hydrogens (tertiary/aromatic N) is 1. The van der Waals surface area contributed by atoms with Crippen LogP contribution in [0.1, 0.15) is 0 Å². The fraction of sp³-hybridized carbons (Fsp3) is 0.167. The molecule has 0 amide bonds. The van der Waals surface area contributed by atoms with Crippen LogP contribution < -0.4 is 5.32 Å². The second-order valence-electron chi connectivity index (χ2n) is 1.73. The Kier molecular flexibility index (Phi) is 2.35. The summed E-state index contributed by atoms with van der Waals surface area (Å²) in [4.78, 5) is 3.93. The lowest BCUT2D eigenvalue weighted by Gasteiger charge is -1.98. The Morgan fingerprint density at radius 1 is 1.40 bits per heavy atom. The molecular formula is C6H6Cl2N2. The minimum absolute atomic E-state index is 0.473. The summed E-state index contributed by atoms with van der Waals surface area (Å²) in [6, 6.07) is 1.67. The fourth-order valence-electron chi connectivity index (χ4n) is 0.551. The summed E-state index contributed by atoms with van der Waals surface area (Å²) < 4.78 is 0. The van der Waals surface area contributed by atoms with Crippen LogP contribution in [0.2, 0.25) is 10.0 Å². The first-order valence-corrected chi connectivity index (χ1v) is 3.48. The van der Waals surface area contributed by atoms with Gasteiger partial charge in [0, 0.05) is 19.3 Å². The van der Waals surface area contributed by atoms with Gasteiger partial charge in [-0.15, -0.1) is 0 Å². The number of hydrogen-bond donors (Lipinski definition) is 1. The van der Waals surface area contributed by atoms with Gasteiger partial charge in [-0.3, -0.25) is 0 Å². The third-order valence-electron chi connectivity index (χ3n) is 1.06. The van der Waals surface area contributed by atoms with Crippen LogP contribution in [0, 0.1) is 0 Å². The summed E-state index contributed by atoms with van der Waals surface area (Å²) in [5.74, 6) is 0.717. The highest BCUT2D eigenvalue weighted by molar-refractivity contribution is 6.42. The molecule has 1 heterocycles. The molecule has 1 N–H and O–H groups in total. The van der Waals surface area contributed by atoms with Gasteiger partial charge in [-0.25, -0.2) is 4.98 Å². The van der Waals surface area contributed by atoms with E-state index in [1.165, 1.54) is 6.20 Å². The van der Waals surface area contributed by atoms with Gasteiger partial charge in [0.15, 0.2) is 0 Å². The van der Waals surface area contributed by atoms with Crippen molar-refractivity contribution in [2.45, 2.75) is 0 Å². The highest BCUT2D eigenvalue weighted by atomic mass is 35.5.